The molecule has 1 fully saturated rings. The van der Waals surface area contributed by atoms with Crippen LogP contribution in [-0.2, 0) is 0 Å². The van der Waals surface area contributed by atoms with Gasteiger partial charge < -0.3 is 11.1 Å². The van der Waals surface area contributed by atoms with Crippen molar-refractivity contribution in [2.24, 2.45) is 5.73 Å². The molecule has 1 aliphatic rings. The maximum absolute atomic E-state index is 8.80. The first kappa shape index (κ1) is 8.09. The van der Waals surface area contributed by atoms with Crippen LogP contribution in [0.25, 0.3) is 0 Å². The molecular formula is C10H11N3. The number of hydrogen-bond donors (Lipinski definition) is 2. The Labute approximate surface area is 77.2 Å². The van der Waals surface area contributed by atoms with Gasteiger partial charge in [-0.15, -0.1) is 0 Å². The Hall–Kier alpha value is -1.53. The quantitative estimate of drug-likeness (QED) is 0.703. The molecule has 0 radical (unpaired) electrons. The van der Waals surface area contributed by atoms with Crippen LogP contribution in [0.2, 0.25) is 0 Å². The zero-order valence-electron chi connectivity index (χ0n) is 7.20. The summed E-state index contributed by atoms with van der Waals surface area (Å²) < 4.78 is 0. The first-order chi connectivity index (χ1) is 6.31. The van der Waals surface area contributed by atoms with Crippen LogP contribution >= 0.6 is 0 Å². The highest BCUT2D eigenvalue weighted by molar-refractivity contribution is 5.58. The summed E-state index contributed by atoms with van der Waals surface area (Å²) in [5, 5.41) is 12.0. The minimum Gasteiger partial charge on any atom is -0.380 e. The van der Waals surface area contributed by atoms with Crippen molar-refractivity contribution < 1.29 is 0 Å². The van der Waals surface area contributed by atoms with Gasteiger partial charge in [0.25, 0.3) is 0 Å². The number of para-hydroxylation sites is 1. The average molecular weight is 173 g/mol. The van der Waals surface area contributed by atoms with Crippen molar-refractivity contribution in [2.45, 2.75) is 18.5 Å². The van der Waals surface area contributed by atoms with Gasteiger partial charge in [0, 0.05) is 12.1 Å². The third-order valence-corrected chi connectivity index (χ3v) is 2.23. The molecule has 1 aromatic rings. The first-order valence-electron chi connectivity index (χ1n) is 4.32. The summed E-state index contributed by atoms with van der Waals surface area (Å²) >= 11 is 0. The highest BCUT2D eigenvalue weighted by Gasteiger charge is 2.33. The molecule has 66 valence electrons. The van der Waals surface area contributed by atoms with Gasteiger partial charge in [0.05, 0.1) is 11.3 Å². The topological polar surface area (TPSA) is 61.8 Å². The van der Waals surface area contributed by atoms with Crippen molar-refractivity contribution in [1.29, 1.82) is 5.26 Å². The molecule has 0 saturated heterocycles. The Morgan fingerprint density at radius 1 is 1.46 bits per heavy atom. The van der Waals surface area contributed by atoms with E-state index in [1.807, 2.05) is 18.2 Å². The number of benzene rings is 1. The Kier molecular flexibility index (Phi) is 1.91. The summed E-state index contributed by atoms with van der Waals surface area (Å²) in [4.78, 5) is 0. The van der Waals surface area contributed by atoms with Crippen molar-refractivity contribution in [3.05, 3.63) is 29.8 Å². The zero-order chi connectivity index (χ0) is 9.26. The van der Waals surface area contributed by atoms with Crippen LogP contribution in [0.5, 0.6) is 0 Å². The second-order valence-electron chi connectivity index (χ2n) is 3.31. The second-order valence-corrected chi connectivity index (χ2v) is 3.31. The van der Waals surface area contributed by atoms with E-state index in [1.54, 1.807) is 6.07 Å². The number of nitrogens with two attached hydrogens (primary N) is 1. The molecule has 3 heteroatoms. The lowest BCUT2D eigenvalue weighted by molar-refractivity contribution is 1.01. The summed E-state index contributed by atoms with van der Waals surface area (Å²) in [6.45, 7) is 0. The van der Waals surface area contributed by atoms with E-state index in [2.05, 4.69) is 11.4 Å². The van der Waals surface area contributed by atoms with Crippen LogP contribution in [0.15, 0.2) is 24.3 Å². The number of nitriles is 1. The van der Waals surface area contributed by atoms with Gasteiger partial charge in [-0.05, 0) is 18.6 Å². The SMILES string of the molecule is N#Cc1ccccc1NC1CC1N. The third kappa shape index (κ3) is 1.63. The molecule has 3 N–H and O–H groups in total. The van der Waals surface area contributed by atoms with Crippen molar-refractivity contribution in [3.63, 3.8) is 0 Å². The summed E-state index contributed by atoms with van der Waals surface area (Å²) in [5.41, 5.74) is 7.23. The van der Waals surface area contributed by atoms with Gasteiger partial charge in [-0.3, -0.25) is 0 Å². The van der Waals surface area contributed by atoms with E-state index in [0.717, 1.165) is 12.1 Å². The van der Waals surface area contributed by atoms with Crippen LogP contribution < -0.4 is 11.1 Å². The van der Waals surface area contributed by atoms with E-state index < -0.39 is 0 Å². The van der Waals surface area contributed by atoms with Gasteiger partial charge in [-0.25, -0.2) is 0 Å². The van der Waals surface area contributed by atoms with Crippen LogP contribution in [0.4, 0.5) is 5.69 Å². The average Bonchev–Trinajstić information content (AvgIpc) is 2.83. The Balaban J connectivity index is 2.15. The van der Waals surface area contributed by atoms with Gasteiger partial charge in [-0.2, -0.15) is 5.26 Å². The molecule has 2 atom stereocenters. The first-order valence-corrected chi connectivity index (χ1v) is 4.32. The number of rotatable bonds is 2. The molecule has 1 aliphatic carbocycles. The molecule has 0 amide bonds. The van der Waals surface area contributed by atoms with E-state index in [-0.39, 0.29) is 6.04 Å². The van der Waals surface area contributed by atoms with Crippen LogP contribution in [0, 0.1) is 11.3 Å². The Morgan fingerprint density at radius 2 is 2.15 bits per heavy atom. The maximum atomic E-state index is 8.80. The molecule has 13 heavy (non-hydrogen) atoms. The van der Waals surface area contributed by atoms with Crippen molar-refractivity contribution in [2.75, 3.05) is 5.32 Å². The molecule has 1 saturated carbocycles. The van der Waals surface area contributed by atoms with Gasteiger partial charge >= 0.3 is 0 Å². The summed E-state index contributed by atoms with van der Waals surface area (Å²) in [6.07, 6.45) is 1.000. The van der Waals surface area contributed by atoms with Crippen molar-refractivity contribution >= 4 is 5.69 Å². The molecule has 0 spiro atoms. The minimum atomic E-state index is 0.256. The molecule has 0 bridgehead atoms. The van der Waals surface area contributed by atoms with Crippen molar-refractivity contribution in [3.8, 4) is 6.07 Å². The Morgan fingerprint density at radius 3 is 2.77 bits per heavy atom. The van der Waals surface area contributed by atoms with E-state index in [1.165, 1.54) is 0 Å². The number of anilines is 1. The van der Waals surface area contributed by atoms with Gasteiger partial charge in [0.15, 0.2) is 0 Å². The normalized spacial score (nSPS) is 24.9. The summed E-state index contributed by atoms with van der Waals surface area (Å²) in [6, 6.07) is 10.2. The van der Waals surface area contributed by atoms with E-state index >= 15 is 0 Å². The largest absolute Gasteiger partial charge is 0.380 e. The fraction of sp³-hybridized carbons (Fsp3) is 0.300. The van der Waals surface area contributed by atoms with Crippen LogP contribution in [0.1, 0.15) is 12.0 Å². The zero-order valence-corrected chi connectivity index (χ0v) is 7.20. The third-order valence-electron chi connectivity index (χ3n) is 2.23. The van der Waals surface area contributed by atoms with Gasteiger partial charge in [-0.1, -0.05) is 12.1 Å². The molecule has 0 aliphatic heterocycles. The molecule has 1 aromatic carbocycles. The monoisotopic (exact) mass is 173 g/mol. The molecule has 0 aromatic heterocycles. The van der Waals surface area contributed by atoms with Gasteiger partial charge in [0.2, 0.25) is 0 Å². The van der Waals surface area contributed by atoms with Crippen molar-refractivity contribution in [1.82, 2.24) is 0 Å². The van der Waals surface area contributed by atoms with Crippen LogP contribution in [0.3, 0.4) is 0 Å². The lowest BCUT2D eigenvalue weighted by Crippen LogP contribution is -2.13. The van der Waals surface area contributed by atoms with E-state index in [4.69, 9.17) is 11.0 Å². The number of hydrogen-bond acceptors (Lipinski definition) is 3. The highest BCUT2D eigenvalue weighted by Crippen LogP contribution is 2.25. The molecule has 3 nitrogen and oxygen atoms in total. The summed E-state index contributed by atoms with van der Waals surface area (Å²) in [7, 11) is 0. The smallest absolute Gasteiger partial charge is 0.101 e. The minimum absolute atomic E-state index is 0.256. The van der Waals surface area contributed by atoms with Crippen LogP contribution in [-0.4, -0.2) is 12.1 Å². The lowest BCUT2D eigenvalue weighted by atomic mass is 10.2. The molecule has 0 heterocycles. The predicted molar refractivity (Wildman–Crippen MR) is 51.2 cm³/mol. The standard InChI is InChI=1S/C10H11N3/c11-6-7-3-1-2-4-9(7)13-10-5-8(10)12/h1-4,8,10,13H,5,12H2. The predicted octanol–water partition coefficient (Wildman–Crippen LogP) is 1.07. The fourth-order valence-electron chi connectivity index (χ4n) is 1.29. The highest BCUT2D eigenvalue weighted by atomic mass is 15.0. The molecular weight excluding hydrogens is 162 g/mol. The number of nitrogens with zero attached hydrogens (tertiary/aromatic N) is 1. The second kappa shape index (κ2) is 3.08. The summed E-state index contributed by atoms with van der Waals surface area (Å²) in [5.74, 6) is 0. The van der Waals surface area contributed by atoms with Gasteiger partial charge in [0.1, 0.15) is 6.07 Å². The lowest BCUT2D eigenvalue weighted by Gasteiger charge is -2.05. The van der Waals surface area contributed by atoms with E-state index in [0.29, 0.717) is 11.6 Å². The Bertz CT molecular complexity index is 353. The molecule has 2 rings (SSSR count). The number of nitrogens with one attached hydrogen (secondary N) is 1. The molecule has 2 unspecified atom stereocenters. The van der Waals surface area contributed by atoms with E-state index in [9.17, 15) is 0 Å². The maximum Gasteiger partial charge on any atom is 0.101 e. The fourth-order valence-corrected chi connectivity index (χ4v) is 1.29.